The lowest BCUT2D eigenvalue weighted by atomic mass is 10.2. The van der Waals surface area contributed by atoms with Gasteiger partial charge in [-0.25, -0.2) is 12.7 Å². The Bertz CT molecular complexity index is 821. The van der Waals surface area contributed by atoms with Gasteiger partial charge in [0.1, 0.15) is 0 Å². The molecule has 0 aliphatic heterocycles. The number of aryl methyl sites for hydroxylation is 1. The third-order valence-corrected chi connectivity index (χ3v) is 13.0. The van der Waals surface area contributed by atoms with Crippen LogP contribution in [0.25, 0.3) is 0 Å². The third kappa shape index (κ3) is 12.0. The van der Waals surface area contributed by atoms with Crippen molar-refractivity contribution in [3.63, 3.8) is 0 Å². The molecule has 200 valence electrons. The van der Waals surface area contributed by atoms with Crippen LogP contribution in [-0.2, 0) is 14.4 Å². The van der Waals surface area contributed by atoms with Gasteiger partial charge in [-0.15, -0.1) is 0 Å². The Morgan fingerprint density at radius 3 is 1.86 bits per heavy atom. The van der Waals surface area contributed by atoms with Gasteiger partial charge < -0.3 is 4.43 Å². The molecule has 0 saturated carbocycles. The van der Waals surface area contributed by atoms with Crippen molar-refractivity contribution in [2.24, 2.45) is 0 Å². The number of sulfonamides is 1. The SMILES string of the molecule is CCCCCCC#CN(CCO[Si](CCCC)(CCCC)CCCC)S(=O)(=O)c1ccc(C)cc1. The Hall–Kier alpha value is -1.29. The number of nitrogens with zero attached hydrogens (tertiary/aromatic N) is 1. The van der Waals surface area contributed by atoms with Gasteiger partial charge in [0.05, 0.1) is 18.0 Å². The molecule has 4 nitrogen and oxygen atoms in total. The molecule has 0 heterocycles. The van der Waals surface area contributed by atoms with Gasteiger partial charge in [0, 0.05) is 12.5 Å². The van der Waals surface area contributed by atoms with Crippen molar-refractivity contribution < 1.29 is 12.8 Å². The molecule has 0 aliphatic carbocycles. The summed E-state index contributed by atoms with van der Waals surface area (Å²) in [6.07, 6.45) is 12.4. The van der Waals surface area contributed by atoms with Crippen molar-refractivity contribution in [3.8, 4) is 12.0 Å². The largest absolute Gasteiger partial charge is 0.415 e. The van der Waals surface area contributed by atoms with Crippen LogP contribution in [0.5, 0.6) is 0 Å². The fourth-order valence-corrected chi connectivity index (χ4v) is 10.2. The van der Waals surface area contributed by atoms with E-state index in [2.05, 4.69) is 39.7 Å². The van der Waals surface area contributed by atoms with E-state index in [9.17, 15) is 8.42 Å². The molecule has 0 spiro atoms. The fraction of sp³-hybridized carbons (Fsp3) is 0.724. The standard InChI is InChI=1S/C29H51NO3SSi/c1-6-10-14-15-16-17-22-30(34(31,32)29-20-18-28(5)19-21-29)23-24-33-35(25-11-7-2,26-12-8-3)27-13-9-4/h18-21H,6-16,23-27H2,1-5H3. The van der Waals surface area contributed by atoms with Crippen LogP contribution in [0.3, 0.4) is 0 Å². The van der Waals surface area contributed by atoms with Gasteiger partial charge in [0.25, 0.3) is 10.0 Å². The van der Waals surface area contributed by atoms with Gasteiger partial charge in [-0.3, -0.25) is 0 Å². The second-order valence-corrected chi connectivity index (χ2v) is 15.8. The van der Waals surface area contributed by atoms with E-state index in [4.69, 9.17) is 4.43 Å². The Balaban J connectivity index is 3.04. The molecule has 6 heteroatoms. The van der Waals surface area contributed by atoms with Gasteiger partial charge in [-0.05, 0) is 43.6 Å². The summed E-state index contributed by atoms with van der Waals surface area (Å²) in [5, 5.41) is 0. The number of hydrogen-bond acceptors (Lipinski definition) is 3. The maximum Gasteiger partial charge on any atom is 0.271 e. The van der Waals surface area contributed by atoms with E-state index in [1.54, 1.807) is 12.1 Å². The zero-order valence-electron chi connectivity index (χ0n) is 23.2. The maximum atomic E-state index is 13.5. The summed E-state index contributed by atoms with van der Waals surface area (Å²) in [6.45, 7) is 11.6. The minimum atomic E-state index is -3.69. The highest BCUT2D eigenvalue weighted by molar-refractivity contribution is 7.89. The van der Waals surface area contributed by atoms with Crippen LogP contribution >= 0.6 is 0 Å². The van der Waals surface area contributed by atoms with Crippen LogP contribution in [0.2, 0.25) is 18.1 Å². The first-order valence-corrected chi connectivity index (χ1v) is 18.0. The predicted octanol–water partition coefficient (Wildman–Crippen LogP) is 8.28. The molecule has 0 aliphatic rings. The topological polar surface area (TPSA) is 46.6 Å². The quantitative estimate of drug-likeness (QED) is 0.0796. The van der Waals surface area contributed by atoms with E-state index in [1.165, 1.54) is 73.8 Å². The highest BCUT2D eigenvalue weighted by Crippen LogP contribution is 2.30. The molecule has 1 aromatic carbocycles. The molecule has 0 saturated heterocycles. The first-order chi connectivity index (χ1) is 16.8. The number of benzene rings is 1. The van der Waals surface area contributed by atoms with E-state index >= 15 is 0 Å². The van der Waals surface area contributed by atoms with Crippen molar-refractivity contribution in [2.75, 3.05) is 13.2 Å². The summed E-state index contributed by atoms with van der Waals surface area (Å²) in [5.74, 6) is 3.13. The van der Waals surface area contributed by atoms with Crippen LogP contribution in [-0.4, -0.2) is 34.2 Å². The van der Waals surface area contributed by atoms with Gasteiger partial charge in [-0.1, -0.05) is 109 Å². The van der Waals surface area contributed by atoms with Crippen LogP contribution in [0, 0.1) is 18.9 Å². The predicted molar refractivity (Wildman–Crippen MR) is 152 cm³/mol. The summed E-state index contributed by atoms with van der Waals surface area (Å²) in [7, 11) is -5.58. The second-order valence-electron chi connectivity index (χ2n) is 9.83. The zero-order chi connectivity index (χ0) is 26.0. The number of unbranched alkanes of at least 4 members (excludes halogenated alkanes) is 7. The Morgan fingerprint density at radius 2 is 1.34 bits per heavy atom. The smallest absolute Gasteiger partial charge is 0.271 e. The van der Waals surface area contributed by atoms with E-state index in [1.807, 2.05) is 19.1 Å². The van der Waals surface area contributed by atoms with Crippen LogP contribution in [0.1, 0.15) is 104 Å². The van der Waals surface area contributed by atoms with Crippen molar-refractivity contribution >= 4 is 18.3 Å². The van der Waals surface area contributed by atoms with Gasteiger partial charge >= 0.3 is 0 Å². The fourth-order valence-electron chi connectivity index (χ4n) is 4.29. The van der Waals surface area contributed by atoms with E-state index < -0.39 is 18.3 Å². The molecular weight excluding hydrogens is 470 g/mol. The van der Waals surface area contributed by atoms with Gasteiger partial charge in [0.2, 0.25) is 0 Å². The summed E-state index contributed by atoms with van der Waals surface area (Å²) >= 11 is 0. The molecule has 35 heavy (non-hydrogen) atoms. The molecule has 0 bridgehead atoms. The molecule has 1 rings (SSSR count). The van der Waals surface area contributed by atoms with Crippen LogP contribution in [0.15, 0.2) is 29.2 Å². The summed E-state index contributed by atoms with van der Waals surface area (Å²) in [5.41, 5.74) is 1.04. The highest BCUT2D eigenvalue weighted by Gasteiger charge is 2.33. The van der Waals surface area contributed by atoms with Crippen molar-refractivity contribution in [3.05, 3.63) is 29.8 Å². The lowest BCUT2D eigenvalue weighted by molar-refractivity contribution is 0.276. The minimum Gasteiger partial charge on any atom is -0.415 e. The summed E-state index contributed by atoms with van der Waals surface area (Å²) in [4.78, 5) is 0.301. The molecule has 0 fully saturated rings. The number of hydrogen-bond donors (Lipinski definition) is 0. The lowest BCUT2D eigenvalue weighted by Crippen LogP contribution is -2.41. The molecule has 0 aromatic heterocycles. The molecule has 0 atom stereocenters. The minimum absolute atomic E-state index is 0.289. The third-order valence-electron chi connectivity index (χ3n) is 6.63. The van der Waals surface area contributed by atoms with E-state index in [0.717, 1.165) is 24.8 Å². The monoisotopic (exact) mass is 521 g/mol. The van der Waals surface area contributed by atoms with Crippen molar-refractivity contribution in [1.82, 2.24) is 4.31 Å². The Labute approximate surface area is 218 Å². The van der Waals surface area contributed by atoms with E-state index in [0.29, 0.717) is 11.5 Å². The average molecular weight is 522 g/mol. The van der Waals surface area contributed by atoms with Crippen molar-refractivity contribution in [1.29, 1.82) is 0 Å². The highest BCUT2D eigenvalue weighted by atomic mass is 32.2. The molecule has 0 radical (unpaired) electrons. The number of rotatable bonds is 19. The molecule has 1 aromatic rings. The van der Waals surface area contributed by atoms with Crippen molar-refractivity contribution in [2.45, 2.75) is 128 Å². The Morgan fingerprint density at radius 1 is 0.800 bits per heavy atom. The lowest BCUT2D eigenvalue weighted by Gasteiger charge is -2.32. The molecular formula is C29H51NO3SSi. The second kappa shape index (κ2) is 18.0. The maximum absolute atomic E-state index is 13.5. The van der Waals surface area contributed by atoms with E-state index in [-0.39, 0.29) is 6.54 Å². The Kier molecular flexibility index (Phi) is 16.3. The van der Waals surface area contributed by atoms with Crippen LogP contribution < -0.4 is 0 Å². The molecule has 0 amide bonds. The molecule has 0 N–H and O–H groups in total. The first kappa shape index (κ1) is 31.7. The normalized spacial score (nSPS) is 11.8. The summed E-state index contributed by atoms with van der Waals surface area (Å²) < 4.78 is 35.0. The first-order valence-electron chi connectivity index (χ1n) is 14.1. The van der Waals surface area contributed by atoms with Gasteiger partial charge in [-0.2, -0.15) is 0 Å². The summed E-state index contributed by atoms with van der Waals surface area (Å²) in [6, 6.07) is 13.6. The van der Waals surface area contributed by atoms with Crippen LogP contribution in [0.4, 0.5) is 0 Å². The molecule has 0 unspecified atom stereocenters. The zero-order valence-corrected chi connectivity index (χ0v) is 25.0. The van der Waals surface area contributed by atoms with Gasteiger partial charge in [0.15, 0.2) is 8.32 Å². The average Bonchev–Trinajstić information content (AvgIpc) is 2.85.